The number of anilines is 2. The van der Waals surface area contributed by atoms with Crippen LogP contribution in [0, 0.1) is 11.6 Å². The average Bonchev–Trinajstić information content (AvgIpc) is 2.42. The number of rotatable bonds is 4. The molecule has 1 amide bonds. The summed E-state index contributed by atoms with van der Waals surface area (Å²) in [6.45, 7) is 0. The van der Waals surface area contributed by atoms with E-state index >= 15 is 0 Å². The van der Waals surface area contributed by atoms with Crippen molar-refractivity contribution in [3.63, 3.8) is 0 Å². The van der Waals surface area contributed by atoms with E-state index in [1.54, 1.807) is 24.3 Å². The fraction of sp³-hybridized carbons (Fsp3) is 0.0714. The van der Waals surface area contributed by atoms with E-state index in [0.29, 0.717) is 11.4 Å². The highest BCUT2D eigenvalue weighted by molar-refractivity contribution is 8.00. The Bertz CT molecular complexity index is 634. The highest BCUT2D eigenvalue weighted by Gasteiger charge is 2.09. The van der Waals surface area contributed by atoms with Gasteiger partial charge in [-0.1, -0.05) is 12.1 Å². The Hall–Kier alpha value is -2.08. The van der Waals surface area contributed by atoms with Crippen LogP contribution in [0.15, 0.2) is 47.4 Å². The number of thioether (sulfide) groups is 1. The normalized spacial score (nSPS) is 10.3. The van der Waals surface area contributed by atoms with E-state index in [2.05, 4.69) is 5.32 Å². The zero-order chi connectivity index (χ0) is 14.5. The maximum Gasteiger partial charge on any atom is 0.234 e. The van der Waals surface area contributed by atoms with Crippen molar-refractivity contribution in [2.24, 2.45) is 0 Å². The number of para-hydroxylation sites is 2. The molecule has 3 nitrogen and oxygen atoms in total. The molecule has 0 saturated heterocycles. The summed E-state index contributed by atoms with van der Waals surface area (Å²) in [5.74, 6) is -1.46. The van der Waals surface area contributed by atoms with Gasteiger partial charge in [-0.2, -0.15) is 0 Å². The summed E-state index contributed by atoms with van der Waals surface area (Å²) in [5.41, 5.74) is 6.63. The monoisotopic (exact) mass is 294 g/mol. The number of nitrogens with two attached hydrogens (primary N) is 1. The van der Waals surface area contributed by atoms with E-state index in [1.807, 2.05) is 0 Å². The molecule has 0 bridgehead atoms. The highest BCUT2D eigenvalue weighted by atomic mass is 32.2. The molecule has 0 aliphatic heterocycles. The van der Waals surface area contributed by atoms with Crippen LogP contribution in [0.1, 0.15) is 0 Å². The standard InChI is InChI=1S/C14H12F2N2OS/c15-9-5-6-10(16)13(7-9)20-8-14(19)18-12-4-2-1-3-11(12)17/h1-7H,8,17H2,(H,18,19). The third-order valence-electron chi connectivity index (χ3n) is 2.49. The van der Waals surface area contributed by atoms with Crippen molar-refractivity contribution in [3.05, 3.63) is 54.1 Å². The summed E-state index contributed by atoms with van der Waals surface area (Å²) in [4.78, 5) is 11.8. The number of amides is 1. The predicted octanol–water partition coefficient (Wildman–Crippen LogP) is 3.28. The van der Waals surface area contributed by atoms with Gasteiger partial charge < -0.3 is 11.1 Å². The van der Waals surface area contributed by atoms with Crippen molar-refractivity contribution in [1.82, 2.24) is 0 Å². The van der Waals surface area contributed by atoms with E-state index < -0.39 is 11.6 Å². The molecular weight excluding hydrogens is 282 g/mol. The summed E-state index contributed by atoms with van der Waals surface area (Å²) in [7, 11) is 0. The van der Waals surface area contributed by atoms with Crippen molar-refractivity contribution in [2.75, 3.05) is 16.8 Å². The predicted molar refractivity (Wildman–Crippen MR) is 76.6 cm³/mol. The van der Waals surface area contributed by atoms with Crippen LogP contribution >= 0.6 is 11.8 Å². The summed E-state index contributed by atoms with van der Waals surface area (Å²) in [6.07, 6.45) is 0. The van der Waals surface area contributed by atoms with Crippen LogP contribution in [-0.2, 0) is 4.79 Å². The molecule has 0 spiro atoms. The van der Waals surface area contributed by atoms with Crippen LogP contribution in [0.4, 0.5) is 20.2 Å². The molecule has 0 aliphatic carbocycles. The molecule has 2 rings (SSSR count). The first-order valence-electron chi connectivity index (χ1n) is 5.78. The molecule has 0 aromatic heterocycles. The molecule has 6 heteroatoms. The minimum atomic E-state index is -0.552. The van der Waals surface area contributed by atoms with Gasteiger partial charge in [-0.25, -0.2) is 8.78 Å². The number of nitrogen functional groups attached to an aromatic ring is 1. The first-order chi connectivity index (χ1) is 9.56. The molecule has 0 aliphatic rings. The number of nitrogens with one attached hydrogen (secondary N) is 1. The van der Waals surface area contributed by atoms with Crippen LogP contribution < -0.4 is 11.1 Å². The van der Waals surface area contributed by atoms with Crippen molar-refractivity contribution >= 4 is 29.0 Å². The zero-order valence-electron chi connectivity index (χ0n) is 10.4. The van der Waals surface area contributed by atoms with Crippen LogP contribution in [0.5, 0.6) is 0 Å². The first-order valence-corrected chi connectivity index (χ1v) is 6.77. The summed E-state index contributed by atoms with van der Waals surface area (Å²) >= 11 is 0.927. The Balaban J connectivity index is 1.96. The van der Waals surface area contributed by atoms with Gasteiger partial charge in [-0.3, -0.25) is 4.79 Å². The van der Waals surface area contributed by atoms with Crippen molar-refractivity contribution < 1.29 is 13.6 Å². The topological polar surface area (TPSA) is 55.1 Å². The zero-order valence-corrected chi connectivity index (χ0v) is 11.2. The Labute approximate surface area is 119 Å². The molecular formula is C14H12F2N2OS. The Morgan fingerprint density at radius 3 is 2.70 bits per heavy atom. The quantitative estimate of drug-likeness (QED) is 0.672. The smallest absolute Gasteiger partial charge is 0.234 e. The van der Waals surface area contributed by atoms with Gasteiger partial charge in [0, 0.05) is 4.90 Å². The van der Waals surface area contributed by atoms with Gasteiger partial charge in [0.05, 0.1) is 17.1 Å². The van der Waals surface area contributed by atoms with Gasteiger partial charge >= 0.3 is 0 Å². The maximum atomic E-state index is 13.4. The van der Waals surface area contributed by atoms with Crippen molar-refractivity contribution in [2.45, 2.75) is 4.90 Å². The number of hydrogen-bond acceptors (Lipinski definition) is 3. The fourth-order valence-corrected chi connectivity index (χ4v) is 2.29. The lowest BCUT2D eigenvalue weighted by Crippen LogP contribution is -2.15. The fourth-order valence-electron chi connectivity index (χ4n) is 1.53. The molecule has 0 atom stereocenters. The minimum absolute atomic E-state index is 0.0330. The van der Waals surface area contributed by atoms with E-state index in [-0.39, 0.29) is 16.6 Å². The number of carbonyl (C=O) groups excluding carboxylic acids is 1. The molecule has 0 saturated carbocycles. The number of benzene rings is 2. The number of hydrogen-bond donors (Lipinski definition) is 2. The summed E-state index contributed by atoms with van der Waals surface area (Å²) < 4.78 is 26.3. The van der Waals surface area contributed by atoms with Crippen molar-refractivity contribution in [3.8, 4) is 0 Å². The second kappa shape index (κ2) is 6.38. The van der Waals surface area contributed by atoms with Crippen LogP contribution in [-0.4, -0.2) is 11.7 Å². The van der Waals surface area contributed by atoms with Crippen LogP contribution in [0.2, 0.25) is 0 Å². The average molecular weight is 294 g/mol. The third-order valence-corrected chi connectivity index (χ3v) is 3.52. The Morgan fingerprint density at radius 2 is 1.95 bits per heavy atom. The SMILES string of the molecule is Nc1ccccc1NC(=O)CSc1cc(F)ccc1F. The lowest BCUT2D eigenvalue weighted by molar-refractivity contribution is -0.113. The van der Waals surface area contributed by atoms with Gasteiger partial charge in [-0.05, 0) is 30.3 Å². The molecule has 0 heterocycles. The Morgan fingerprint density at radius 1 is 1.20 bits per heavy atom. The lowest BCUT2D eigenvalue weighted by Gasteiger charge is -2.08. The van der Waals surface area contributed by atoms with E-state index in [1.165, 1.54) is 0 Å². The maximum absolute atomic E-state index is 13.4. The second-order valence-corrected chi connectivity index (χ2v) is 5.02. The number of carbonyl (C=O) groups is 1. The molecule has 2 aromatic rings. The van der Waals surface area contributed by atoms with E-state index in [9.17, 15) is 13.6 Å². The molecule has 0 fully saturated rings. The Kier molecular flexibility index (Phi) is 4.57. The van der Waals surface area contributed by atoms with Crippen molar-refractivity contribution in [1.29, 1.82) is 0 Å². The molecule has 2 aromatic carbocycles. The first kappa shape index (κ1) is 14.3. The highest BCUT2D eigenvalue weighted by Crippen LogP contribution is 2.23. The van der Waals surface area contributed by atoms with Crippen LogP contribution in [0.25, 0.3) is 0 Å². The largest absolute Gasteiger partial charge is 0.397 e. The van der Waals surface area contributed by atoms with Gasteiger partial charge in [0.25, 0.3) is 0 Å². The second-order valence-electron chi connectivity index (χ2n) is 4.00. The van der Waals surface area contributed by atoms with Crippen LogP contribution in [0.3, 0.4) is 0 Å². The lowest BCUT2D eigenvalue weighted by atomic mass is 10.3. The van der Waals surface area contributed by atoms with Gasteiger partial charge in [0.15, 0.2) is 0 Å². The third kappa shape index (κ3) is 3.71. The molecule has 0 radical (unpaired) electrons. The summed E-state index contributed by atoms with van der Waals surface area (Å²) in [5, 5.41) is 2.61. The molecule has 20 heavy (non-hydrogen) atoms. The summed E-state index contributed by atoms with van der Waals surface area (Å²) in [6, 6.07) is 9.95. The van der Waals surface area contributed by atoms with Gasteiger partial charge in [0.1, 0.15) is 11.6 Å². The molecule has 104 valence electrons. The van der Waals surface area contributed by atoms with E-state index in [0.717, 1.165) is 30.0 Å². The van der Waals surface area contributed by atoms with Gasteiger partial charge in [-0.15, -0.1) is 11.8 Å². The van der Waals surface area contributed by atoms with Gasteiger partial charge in [0.2, 0.25) is 5.91 Å². The van der Waals surface area contributed by atoms with E-state index in [4.69, 9.17) is 5.73 Å². The molecule has 3 N–H and O–H groups in total. The number of halogens is 2. The molecule has 0 unspecified atom stereocenters. The minimum Gasteiger partial charge on any atom is -0.397 e.